The fraction of sp³-hybridized carbons (Fsp3) is 0.600. The van der Waals surface area contributed by atoms with Crippen molar-refractivity contribution >= 4 is 0 Å². The van der Waals surface area contributed by atoms with Gasteiger partial charge in [-0.2, -0.15) is 5.10 Å². The van der Waals surface area contributed by atoms with E-state index in [1.807, 2.05) is 28.9 Å². The van der Waals surface area contributed by atoms with Gasteiger partial charge in [0.15, 0.2) is 5.82 Å². The SMILES string of the molecule is COc1ccc(Cc2nc(CC3CN(C(C)C)CCO3)n(CCO)n2)cc1. The molecular weight excluding hydrogens is 344 g/mol. The molecular formula is C20H30N4O3. The molecule has 0 bridgehead atoms. The molecule has 3 rings (SSSR count). The summed E-state index contributed by atoms with van der Waals surface area (Å²) in [6, 6.07) is 8.44. The van der Waals surface area contributed by atoms with Crippen molar-refractivity contribution in [3.05, 3.63) is 41.5 Å². The van der Waals surface area contributed by atoms with E-state index in [2.05, 4.69) is 23.8 Å². The highest BCUT2D eigenvalue weighted by atomic mass is 16.5. The molecule has 1 N–H and O–H groups in total. The zero-order valence-electron chi connectivity index (χ0n) is 16.5. The number of aliphatic hydroxyl groups is 1. The molecule has 7 heteroatoms. The molecule has 1 atom stereocenters. The van der Waals surface area contributed by atoms with Crippen LogP contribution in [-0.2, 0) is 24.1 Å². The number of ether oxygens (including phenoxy) is 2. The van der Waals surface area contributed by atoms with E-state index in [1.165, 1.54) is 0 Å². The van der Waals surface area contributed by atoms with Crippen LogP contribution in [0, 0.1) is 0 Å². The smallest absolute Gasteiger partial charge is 0.155 e. The van der Waals surface area contributed by atoms with Gasteiger partial charge >= 0.3 is 0 Å². The van der Waals surface area contributed by atoms with Gasteiger partial charge < -0.3 is 14.6 Å². The molecule has 1 aliphatic rings. The van der Waals surface area contributed by atoms with Gasteiger partial charge in [0, 0.05) is 32.0 Å². The minimum absolute atomic E-state index is 0.0436. The Bertz CT molecular complexity index is 715. The zero-order chi connectivity index (χ0) is 19.2. The van der Waals surface area contributed by atoms with Crippen molar-refractivity contribution in [3.63, 3.8) is 0 Å². The van der Waals surface area contributed by atoms with Crippen molar-refractivity contribution in [2.24, 2.45) is 0 Å². The molecule has 2 heterocycles. The lowest BCUT2D eigenvalue weighted by atomic mass is 10.1. The number of benzene rings is 1. The molecule has 0 spiro atoms. The number of methoxy groups -OCH3 is 1. The Morgan fingerprint density at radius 1 is 1.30 bits per heavy atom. The molecule has 1 saturated heterocycles. The van der Waals surface area contributed by atoms with Crippen molar-refractivity contribution in [1.29, 1.82) is 0 Å². The normalized spacial score (nSPS) is 18.2. The Balaban J connectivity index is 1.70. The van der Waals surface area contributed by atoms with E-state index in [9.17, 15) is 5.11 Å². The molecule has 0 radical (unpaired) electrons. The third kappa shape index (κ3) is 5.28. The lowest BCUT2D eigenvalue weighted by Crippen LogP contribution is -2.46. The first-order valence-electron chi connectivity index (χ1n) is 9.61. The highest BCUT2D eigenvalue weighted by Crippen LogP contribution is 2.16. The summed E-state index contributed by atoms with van der Waals surface area (Å²) in [5, 5.41) is 14.0. The fourth-order valence-electron chi connectivity index (χ4n) is 3.39. The van der Waals surface area contributed by atoms with Crippen molar-refractivity contribution in [2.75, 3.05) is 33.4 Å². The predicted molar refractivity (Wildman–Crippen MR) is 103 cm³/mol. The van der Waals surface area contributed by atoms with Gasteiger partial charge in [-0.25, -0.2) is 9.67 Å². The molecule has 7 nitrogen and oxygen atoms in total. The molecule has 1 aliphatic heterocycles. The molecule has 2 aromatic rings. The van der Waals surface area contributed by atoms with Gasteiger partial charge in [0.1, 0.15) is 11.6 Å². The van der Waals surface area contributed by atoms with E-state index in [0.717, 1.165) is 42.7 Å². The Kier molecular flexibility index (Phi) is 6.82. The van der Waals surface area contributed by atoms with Crippen LogP contribution in [0.4, 0.5) is 0 Å². The molecule has 1 aromatic heterocycles. The predicted octanol–water partition coefficient (Wildman–Crippen LogP) is 1.52. The summed E-state index contributed by atoms with van der Waals surface area (Å²) in [5.74, 6) is 2.48. The summed E-state index contributed by atoms with van der Waals surface area (Å²) in [6.07, 6.45) is 1.47. The van der Waals surface area contributed by atoms with Crippen LogP contribution >= 0.6 is 0 Å². The quantitative estimate of drug-likeness (QED) is 0.755. The van der Waals surface area contributed by atoms with Gasteiger partial charge in [-0.15, -0.1) is 0 Å². The number of aliphatic hydroxyl groups excluding tert-OH is 1. The number of nitrogens with zero attached hydrogens (tertiary/aromatic N) is 4. The zero-order valence-corrected chi connectivity index (χ0v) is 16.5. The maximum atomic E-state index is 9.38. The maximum Gasteiger partial charge on any atom is 0.155 e. The minimum Gasteiger partial charge on any atom is -0.497 e. The van der Waals surface area contributed by atoms with E-state index in [0.29, 0.717) is 25.4 Å². The van der Waals surface area contributed by atoms with Gasteiger partial charge in [0.25, 0.3) is 0 Å². The number of rotatable bonds is 8. The van der Waals surface area contributed by atoms with E-state index in [-0.39, 0.29) is 12.7 Å². The summed E-state index contributed by atoms with van der Waals surface area (Å²) in [4.78, 5) is 7.17. The van der Waals surface area contributed by atoms with Crippen LogP contribution in [0.25, 0.3) is 0 Å². The van der Waals surface area contributed by atoms with Gasteiger partial charge in [-0.05, 0) is 31.5 Å². The number of hydrogen-bond acceptors (Lipinski definition) is 6. The van der Waals surface area contributed by atoms with E-state index in [4.69, 9.17) is 14.5 Å². The average Bonchev–Trinajstić information content (AvgIpc) is 3.04. The molecule has 0 saturated carbocycles. The largest absolute Gasteiger partial charge is 0.497 e. The lowest BCUT2D eigenvalue weighted by Gasteiger charge is -2.35. The Hall–Kier alpha value is -1.96. The van der Waals surface area contributed by atoms with Crippen LogP contribution in [0.2, 0.25) is 0 Å². The first-order chi connectivity index (χ1) is 13.1. The molecule has 0 amide bonds. The molecule has 1 unspecified atom stereocenters. The first kappa shape index (κ1) is 19.8. The monoisotopic (exact) mass is 374 g/mol. The second-order valence-corrected chi connectivity index (χ2v) is 7.20. The second-order valence-electron chi connectivity index (χ2n) is 7.20. The summed E-state index contributed by atoms with van der Waals surface area (Å²) in [7, 11) is 1.66. The van der Waals surface area contributed by atoms with Crippen molar-refractivity contribution < 1.29 is 14.6 Å². The van der Waals surface area contributed by atoms with Crippen LogP contribution < -0.4 is 4.74 Å². The third-order valence-corrected chi connectivity index (χ3v) is 4.94. The Morgan fingerprint density at radius 3 is 2.74 bits per heavy atom. The van der Waals surface area contributed by atoms with Crippen molar-refractivity contribution in [2.45, 2.75) is 45.4 Å². The van der Waals surface area contributed by atoms with Crippen LogP contribution in [0.5, 0.6) is 5.75 Å². The third-order valence-electron chi connectivity index (χ3n) is 4.94. The summed E-state index contributed by atoms with van der Waals surface area (Å²) < 4.78 is 13.0. The number of morpholine rings is 1. The van der Waals surface area contributed by atoms with Gasteiger partial charge in [-0.3, -0.25) is 4.90 Å². The second kappa shape index (κ2) is 9.30. The van der Waals surface area contributed by atoms with Crippen molar-refractivity contribution in [3.8, 4) is 5.75 Å². The topological polar surface area (TPSA) is 72.6 Å². The number of aromatic nitrogens is 3. The first-order valence-corrected chi connectivity index (χ1v) is 9.61. The average molecular weight is 374 g/mol. The van der Waals surface area contributed by atoms with Crippen LogP contribution in [0.1, 0.15) is 31.1 Å². The van der Waals surface area contributed by atoms with Gasteiger partial charge in [-0.1, -0.05) is 12.1 Å². The van der Waals surface area contributed by atoms with Crippen LogP contribution in [-0.4, -0.2) is 70.3 Å². The molecule has 27 heavy (non-hydrogen) atoms. The van der Waals surface area contributed by atoms with E-state index in [1.54, 1.807) is 7.11 Å². The Labute approximate surface area is 160 Å². The Morgan fingerprint density at radius 2 is 2.07 bits per heavy atom. The van der Waals surface area contributed by atoms with Crippen LogP contribution in [0.3, 0.4) is 0 Å². The molecule has 148 valence electrons. The van der Waals surface area contributed by atoms with Crippen molar-refractivity contribution in [1.82, 2.24) is 19.7 Å². The highest BCUT2D eigenvalue weighted by molar-refractivity contribution is 5.28. The highest BCUT2D eigenvalue weighted by Gasteiger charge is 2.24. The summed E-state index contributed by atoms with van der Waals surface area (Å²) >= 11 is 0. The molecule has 0 aliphatic carbocycles. The minimum atomic E-state index is 0.0436. The van der Waals surface area contributed by atoms with Gasteiger partial charge in [0.05, 0.1) is 33.0 Å². The lowest BCUT2D eigenvalue weighted by molar-refractivity contribution is -0.0390. The van der Waals surface area contributed by atoms with E-state index >= 15 is 0 Å². The van der Waals surface area contributed by atoms with E-state index < -0.39 is 0 Å². The van der Waals surface area contributed by atoms with Crippen LogP contribution in [0.15, 0.2) is 24.3 Å². The molecule has 1 fully saturated rings. The summed E-state index contributed by atoms with van der Waals surface area (Å²) in [6.45, 7) is 7.54. The fourth-order valence-corrected chi connectivity index (χ4v) is 3.39. The maximum absolute atomic E-state index is 9.38. The standard InChI is InChI=1S/C20H30N4O3/c1-15(2)23-9-11-27-18(14-23)13-20-21-19(22-24(20)8-10-25)12-16-4-6-17(26-3)7-5-16/h4-7,15,18,25H,8-14H2,1-3H3. The van der Waals surface area contributed by atoms with Gasteiger partial charge in [0.2, 0.25) is 0 Å². The summed E-state index contributed by atoms with van der Waals surface area (Å²) in [5.41, 5.74) is 1.13. The number of hydrogen-bond donors (Lipinski definition) is 1. The molecule has 1 aromatic carbocycles.